The number of aliphatic hydroxyl groups excluding tert-OH is 1. The van der Waals surface area contributed by atoms with Gasteiger partial charge in [-0.05, 0) is 97.4 Å². The van der Waals surface area contributed by atoms with Gasteiger partial charge in [-0.15, -0.1) is 0 Å². The maximum Gasteiger partial charge on any atom is 0.169 e. The van der Waals surface area contributed by atoms with E-state index >= 15 is 0 Å². The van der Waals surface area contributed by atoms with Gasteiger partial charge in [0.2, 0.25) is 0 Å². The summed E-state index contributed by atoms with van der Waals surface area (Å²) in [5.74, 6) is 0.911. The Balaban J connectivity index is 1.47. The Labute approximate surface area is 263 Å². The van der Waals surface area contributed by atoms with Gasteiger partial charge in [-0.3, -0.25) is 0 Å². The van der Waals surface area contributed by atoms with E-state index in [9.17, 15) is 5.11 Å². The number of methoxy groups -OCH3 is 1. The fourth-order valence-corrected chi connectivity index (χ4v) is 7.67. The van der Waals surface area contributed by atoms with Crippen molar-refractivity contribution in [1.82, 2.24) is 0 Å². The molecule has 0 radical (unpaired) electrons. The Morgan fingerprint density at radius 1 is 1.00 bits per heavy atom. The van der Waals surface area contributed by atoms with Crippen LogP contribution in [-0.2, 0) is 15.6 Å². The molecule has 2 aromatic carbocycles. The zero-order valence-electron chi connectivity index (χ0n) is 27.2. The number of ether oxygens (including phenoxy) is 2. The first-order valence-electron chi connectivity index (χ1n) is 15.4. The van der Waals surface area contributed by atoms with Crippen LogP contribution in [0, 0.1) is 0 Å². The molecule has 0 saturated heterocycles. The lowest BCUT2D eigenvalue weighted by Crippen LogP contribution is -2.54. The molecule has 0 amide bonds. The number of hydrogen-bond acceptors (Lipinski definition) is 5. The lowest BCUT2D eigenvalue weighted by molar-refractivity contribution is -0.0129. The number of benzene rings is 2. The van der Waals surface area contributed by atoms with Gasteiger partial charge in [0.05, 0.1) is 12.7 Å². The van der Waals surface area contributed by atoms with Crippen molar-refractivity contribution in [2.45, 2.75) is 83.5 Å². The lowest BCUT2D eigenvalue weighted by Gasteiger charge is -2.43. The second-order valence-corrected chi connectivity index (χ2v) is 13.5. The normalized spacial score (nSPS) is 25.2. The third-order valence-electron chi connectivity index (χ3n) is 9.97. The minimum Gasteiger partial charge on any atom is -0.494 e. The highest BCUT2D eigenvalue weighted by Gasteiger charge is 2.55. The number of fused-ring (bicyclic) bond motifs is 2. The molecular weight excluding hydrogens is 556 g/mol. The predicted molar refractivity (Wildman–Crippen MR) is 179 cm³/mol. The first kappa shape index (κ1) is 31.4. The summed E-state index contributed by atoms with van der Waals surface area (Å²) < 4.78 is 12.1. The van der Waals surface area contributed by atoms with Crippen molar-refractivity contribution in [1.29, 1.82) is 0 Å². The maximum absolute atomic E-state index is 10.2. The summed E-state index contributed by atoms with van der Waals surface area (Å²) in [5, 5.41) is 11.1. The van der Waals surface area contributed by atoms with Gasteiger partial charge in [0.15, 0.2) is 5.72 Å². The van der Waals surface area contributed by atoms with Gasteiger partial charge < -0.3 is 24.4 Å². The molecule has 230 valence electrons. The van der Waals surface area contributed by atoms with E-state index in [2.05, 4.69) is 106 Å². The number of rotatable bonds is 7. The third kappa shape index (κ3) is 5.04. The average Bonchev–Trinajstić information content (AvgIpc) is 3.26. The molecule has 1 N–H and O–H groups in total. The van der Waals surface area contributed by atoms with E-state index in [4.69, 9.17) is 21.1 Å². The van der Waals surface area contributed by atoms with Gasteiger partial charge in [0, 0.05) is 54.1 Å². The molecule has 5 nitrogen and oxygen atoms in total. The van der Waals surface area contributed by atoms with Crippen molar-refractivity contribution in [2.24, 2.45) is 0 Å². The molecule has 2 unspecified atom stereocenters. The van der Waals surface area contributed by atoms with Crippen LogP contribution in [0.3, 0.4) is 0 Å². The predicted octanol–water partition coefficient (Wildman–Crippen LogP) is 8.68. The molecule has 2 aromatic rings. The fraction of sp³-hybridized carbons (Fsp3) is 0.459. The standard InChI is InChI=1S/C37H47ClN2O3/c1-10-43-28-16-18-31-29(23-28)35(3,4)33(39(31)7)19-15-25-12-11-13-26(34(25)38)20-21-37(42-9)36(5,6)30-22-27(24(2)41)14-17-32(30)40(37)8/h14-24,41H,10-13H2,1-9H3/b21-20+,25-15+,33-19-. The van der Waals surface area contributed by atoms with Crippen molar-refractivity contribution in [3.8, 4) is 5.75 Å². The maximum atomic E-state index is 10.2. The van der Waals surface area contributed by atoms with Crippen LogP contribution in [0.5, 0.6) is 5.75 Å². The molecular formula is C37H47ClN2O3. The number of hydrogen-bond donors (Lipinski definition) is 1. The average molecular weight is 603 g/mol. The summed E-state index contributed by atoms with van der Waals surface area (Å²) in [6.45, 7) is 13.4. The molecule has 5 rings (SSSR count). The number of allylic oxidation sites excluding steroid dienone is 7. The van der Waals surface area contributed by atoms with Crippen molar-refractivity contribution < 1.29 is 14.6 Å². The summed E-state index contributed by atoms with van der Waals surface area (Å²) in [4.78, 5) is 4.49. The third-order valence-corrected chi connectivity index (χ3v) is 10.5. The van der Waals surface area contributed by atoms with E-state index in [0.29, 0.717) is 6.61 Å². The largest absolute Gasteiger partial charge is 0.494 e. The van der Waals surface area contributed by atoms with Crippen molar-refractivity contribution in [2.75, 3.05) is 37.6 Å². The zero-order chi connectivity index (χ0) is 31.3. The van der Waals surface area contributed by atoms with Crippen molar-refractivity contribution in [3.05, 3.63) is 99.3 Å². The topological polar surface area (TPSA) is 45.2 Å². The molecule has 43 heavy (non-hydrogen) atoms. The molecule has 0 spiro atoms. The van der Waals surface area contributed by atoms with Crippen LogP contribution in [0.25, 0.3) is 0 Å². The highest BCUT2D eigenvalue weighted by molar-refractivity contribution is 6.32. The first-order chi connectivity index (χ1) is 20.3. The second-order valence-electron chi connectivity index (χ2n) is 13.1. The van der Waals surface area contributed by atoms with Crippen LogP contribution in [-0.4, -0.2) is 38.6 Å². The van der Waals surface area contributed by atoms with E-state index in [1.807, 2.05) is 13.0 Å². The van der Waals surface area contributed by atoms with Crippen LogP contribution >= 0.6 is 11.6 Å². The number of nitrogens with zero attached hydrogens (tertiary/aromatic N) is 2. The zero-order valence-corrected chi connectivity index (χ0v) is 28.0. The van der Waals surface area contributed by atoms with Gasteiger partial charge in [-0.25, -0.2) is 0 Å². The SMILES string of the molecule is CCOc1ccc2c(c1)C(C)(C)/C(=C/C=C1\CCCC(/C=C/C3(OC)N(C)c4ccc(C(C)O)cc4C3(C)C)=C1Cl)N2C. The Kier molecular flexibility index (Phi) is 8.41. The summed E-state index contributed by atoms with van der Waals surface area (Å²) in [7, 11) is 5.98. The van der Waals surface area contributed by atoms with Crippen molar-refractivity contribution in [3.63, 3.8) is 0 Å². The van der Waals surface area contributed by atoms with E-state index in [-0.39, 0.29) is 10.8 Å². The quantitative estimate of drug-likeness (QED) is 0.343. The van der Waals surface area contributed by atoms with Gasteiger partial charge >= 0.3 is 0 Å². The lowest BCUT2D eigenvalue weighted by atomic mass is 9.76. The number of anilines is 2. The van der Waals surface area contributed by atoms with E-state index in [1.165, 1.54) is 16.9 Å². The molecule has 2 aliphatic heterocycles. The minimum absolute atomic E-state index is 0.159. The summed E-state index contributed by atoms with van der Waals surface area (Å²) in [5.41, 5.74) is 7.95. The molecule has 6 heteroatoms. The molecule has 3 aliphatic rings. The first-order valence-corrected chi connectivity index (χ1v) is 15.8. The molecule has 1 aliphatic carbocycles. The monoisotopic (exact) mass is 602 g/mol. The fourth-order valence-electron chi connectivity index (χ4n) is 7.35. The van der Waals surface area contributed by atoms with Crippen LogP contribution < -0.4 is 14.5 Å². The van der Waals surface area contributed by atoms with Gasteiger partial charge in [-0.2, -0.15) is 0 Å². The number of halogens is 1. The van der Waals surface area contributed by atoms with Crippen LogP contribution in [0.2, 0.25) is 0 Å². The van der Waals surface area contributed by atoms with Crippen molar-refractivity contribution >= 4 is 23.0 Å². The summed E-state index contributed by atoms with van der Waals surface area (Å²) in [6.07, 6.45) is 11.2. The molecule has 2 atom stereocenters. The Morgan fingerprint density at radius 3 is 2.40 bits per heavy atom. The van der Waals surface area contributed by atoms with Crippen LogP contribution in [0.15, 0.2) is 82.6 Å². The van der Waals surface area contributed by atoms with Gasteiger partial charge in [0.1, 0.15) is 5.75 Å². The van der Waals surface area contributed by atoms with Gasteiger partial charge in [0.25, 0.3) is 0 Å². The van der Waals surface area contributed by atoms with E-state index in [0.717, 1.165) is 58.0 Å². The number of aliphatic hydroxyl groups is 1. The highest BCUT2D eigenvalue weighted by Crippen LogP contribution is 2.53. The number of likely N-dealkylation sites (N-methyl/N-ethyl adjacent to an activating group) is 2. The molecule has 0 saturated carbocycles. The van der Waals surface area contributed by atoms with Gasteiger partial charge in [-0.1, -0.05) is 63.6 Å². The summed E-state index contributed by atoms with van der Waals surface area (Å²) in [6, 6.07) is 12.6. The smallest absolute Gasteiger partial charge is 0.169 e. The van der Waals surface area contributed by atoms with Crippen LogP contribution in [0.1, 0.15) is 83.6 Å². The Hall–Kier alpha value is -2.99. The molecule has 0 fully saturated rings. The minimum atomic E-state index is -0.706. The second kappa shape index (κ2) is 11.5. The summed E-state index contributed by atoms with van der Waals surface area (Å²) >= 11 is 7.13. The molecule has 2 heterocycles. The van der Waals surface area contributed by atoms with E-state index in [1.54, 1.807) is 14.0 Å². The van der Waals surface area contributed by atoms with Crippen LogP contribution in [0.4, 0.5) is 11.4 Å². The van der Waals surface area contributed by atoms with E-state index < -0.39 is 11.8 Å². The highest BCUT2D eigenvalue weighted by atomic mass is 35.5. The molecule has 0 aromatic heterocycles. The molecule has 0 bridgehead atoms. The Bertz CT molecular complexity index is 1530. The Morgan fingerprint density at radius 2 is 1.72 bits per heavy atom.